The number of esters is 1. The molecule has 0 aliphatic carbocycles. The van der Waals surface area contributed by atoms with Crippen molar-refractivity contribution >= 4 is 35.0 Å². The van der Waals surface area contributed by atoms with Gasteiger partial charge < -0.3 is 14.2 Å². The number of carbonyl (C=O) groups is 3. The van der Waals surface area contributed by atoms with Gasteiger partial charge >= 0.3 is 5.97 Å². The first-order chi connectivity index (χ1) is 14.4. The van der Waals surface area contributed by atoms with Crippen LogP contribution in [0.25, 0.3) is 6.08 Å². The monoisotopic (exact) mass is 427 g/mol. The lowest BCUT2D eigenvalue weighted by Gasteiger charge is -2.13. The summed E-state index contributed by atoms with van der Waals surface area (Å²) in [6, 6.07) is 12.8. The molecular weight excluding hydrogens is 406 g/mol. The van der Waals surface area contributed by atoms with Gasteiger partial charge in [0.25, 0.3) is 11.1 Å². The van der Waals surface area contributed by atoms with Crippen molar-refractivity contribution in [3.8, 4) is 11.5 Å². The van der Waals surface area contributed by atoms with Gasteiger partial charge in [-0.05, 0) is 36.4 Å². The molecule has 0 unspecified atom stereocenters. The summed E-state index contributed by atoms with van der Waals surface area (Å²) in [6.07, 6.45) is 1.57. The lowest BCUT2D eigenvalue weighted by molar-refractivity contribution is -0.143. The molecule has 8 heteroatoms. The number of benzene rings is 2. The lowest BCUT2D eigenvalue weighted by Crippen LogP contribution is -2.27. The second kappa shape index (κ2) is 9.49. The summed E-state index contributed by atoms with van der Waals surface area (Å²) in [5, 5.41) is -0.340. The normalized spacial score (nSPS) is 14.9. The zero-order chi connectivity index (χ0) is 21.7. The summed E-state index contributed by atoms with van der Waals surface area (Å²) in [7, 11) is 2.74. The van der Waals surface area contributed by atoms with E-state index in [1.54, 1.807) is 24.3 Å². The van der Waals surface area contributed by atoms with Gasteiger partial charge in [-0.3, -0.25) is 14.5 Å². The number of hydrogen-bond donors (Lipinski definition) is 0. The second-order valence-corrected chi connectivity index (χ2v) is 7.49. The van der Waals surface area contributed by atoms with Crippen LogP contribution in [0.3, 0.4) is 0 Å². The Labute approximate surface area is 178 Å². The molecule has 156 valence electrons. The van der Waals surface area contributed by atoms with Crippen molar-refractivity contribution in [2.45, 2.75) is 13.5 Å². The highest BCUT2D eigenvalue weighted by atomic mass is 32.2. The molecular formula is C22H21NO6S. The van der Waals surface area contributed by atoms with Gasteiger partial charge in [0.1, 0.15) is 0 Å². The molecule has 1 aliphatic heterocycles. The van der Waals surface area contributed by atoms with Crippen LogP contribution < -0.4 is 9.47 Å². The fourth-order valence-corrected chi connectivity index (χ4v) is 3.75. The number of rotatable bonds is 7. The maximum absolute atomic E-state index is 12.9. The van der Waals surface area contributed by atoms with Crippen LogP contribution in [0.5, 0.6) is 11.5 Å². The fourth-order valence-electron chi connectivity index (χ4n) is 2.92. The molecule has 0 atom stereocenters. The number of aryl methyl sites for hydroxylation is 1. The van der Waals surface area contributed by atoms with Crippen molar-refractivity contribution in [2.24, 2.45) is 0 Å². The highest BCUT2D eigenvalue weighted by Crippen LogP contribution is 2.37. The van der Waals surface area contributed by atoms with Crippen LogP contribution in [0.4, 0.5) is 4.79 Å². The SMILES string of the molecule is COC(=O)COc1c(/C=C2/SC(=O)N(Cc3cccc(C)c3)C2=O)cccc1OC. The summed E-state index contributed by atoms with van der Waals surface area (Å²) in [6.45, 7) is 1.84. The van der Waals surface area contributed by atoms with E-state index >= 15 is 0 Å². The van der Waals surface area contributed by atoms with E-state index in [4.69, 9.17) is 9.47 Å². The van der Waals surface area contributed by atoms with Crippen LogP contribution in [-0.4, -0.2) is 42.8 Å². The minimum Gasteiger partial charge on any atom is -0.493 e. The molecule has 1 fully saturated rings. The second-order valence-electron chi connectivity index (χ2n) is 6.50. The number of imide groups is 1. The third-order valence-electron chi connectivity index (χ3n) is 4.37. The summed E-state index contributed by atoms with van der Waals surface area (Å²) in [4.78, 5) is 38.2. The Hall–Kier alpha value is -3.26. The average Bonchev–Trinajstić information content (AvgIpc) is 2.99. The predicted octanol–water partition coefficient (Wildman–Crippen LogP) is 3.79. The molecule has 1 aliphatic rings. The van der Waals surface area contributed by atoms with Crippen LogP contribution in [0.15, 0.2) is 47.4 Å². The number of hydrogen-bond acceptors (Lipinski definition) is 7. The third kappa shape index (κ3) is 4.83. The third-order valence-corrected chi connectivity index (χ3v) is 5.28. The van der Waals surface area contributed by atoms with E-state index in [-0.39, 0.29) is 35.0 Å². The van der Waals surface area contributed by atoms with Crippen LogP contribution in [0.2, 0.25) is 0 Å². The summed E-state index contributed by atoms with van der Waals surface area (Å²) in [5.74, 6) is -0.249. The largest absolute Gasteiger partial charge is 0.493 e. The number of para-hydroxylation sites is 1. The Bertz CT molecular complexity index is 1020. The van der Waals surface area contributed by atoms with Crippen molar-refractivity contribution in [2.75, 3.05) is 20.8 Å². The molecule has 0 spiro atoms. The molecule has 30 heavy (non-hydrogen) atoms. The maximum Gasteiger partial charge on any atom is 0.343 e. The molecule has 7 nitrogen and oxygen atoms in total. The molecule has 2 aromatic rings. The highest BCUT2D eigenvalue weighted by molar-refractivity contribution is 8.18. The van der Waals surface area contributed by atoms with Gasteiger partial charge in [0.2, 0.25) is 0 Å². The number of methoxy groups -OCH3 is 2. The number of amides is 2. The Balaban J connectivity index is 1.87. The lowest BCUT2D eigenvalue weighted by atomic mass is 10.1. The standard InChI is InChI=1S/C22H21NO6S/c1-14-6-4-7-15(10-14)12-23-21(25)18(30-22(23)26)11-16-8-5-9-17(27-2)20(16)29-13-19(24)28-3/h4-11H,12-13H2,1-3H3/b18-11+. The zero-order valence-electron chi connectivity index (χ0n) is 16.8. The van der Waals surface area contributed by atoms with E-state index in [2.05, 4.69) is 4.74 Å². The number of nitrogens with zero attached hydrogens (tertiary/aromatic N) is 1. The Morgan fingerprint density at radius 1 is 1.13 bits per heavy atom. The first kappa shape index (κ1) is 21.4. The molecule has 0 N–H and O–H groups in total. The van der Waals surface area contributed by atoms with E-state index < -0.39 is 5.97 Å². The van der Waals surface area contributed by atoms with Gasteiger partial charge in [-0.25, -0.2) is 4.79 Å². The van der Waals surface area contributed by atoms with Gasteiger partial charge in [0.15, 0.2) is 18.1 Å². The zero-order valence-corrected chi connectivity index (χ0v) is 17.7. The Morgan fingerprint density at radius 3 is 2.60 bits per heavy atom. The highest BCUT2D eigenvalue weighted by Gasteiger charge is 2.35. The first-order valence-corrected chi connectivity index (χ1v) is 9.92. The van der Waals surface area contributed by atoms with Crippen molar-refractivity contribution in [3.63, 3.8) is 0 Å². The van der Waals surface area contributed by atoms with Crippen molar-refractivity contribution in [3.05, 3.63) is 64.1 Å². The molecule has 0 radical (unpaired) electrons. The molecule has 0 bridgehead atoms. The topological polar surface area (TPSA) is 82.1 Å². The molecule has 1 heterocycles. The van der Waals surface area contributed by atoms with Gasteiger partial charge in [0, 0.05) is 5.56 Å². The minimum atomic E-state index is -0.551. The summed E-state index contributed by atoms with van der Waals surface area (Å²) < 4.78 is 15.5. The number of thioether (sulfide) groups is 1. The van der Waals surface area contributed by atoms with Crippen LogP contribution in [0, 0.1) is 6.92 Å². The smallest absolute Gasteiger partial charge is 0.343 e. The van der Waals surface area contributed by atoms with Crippen LogP contribution in [0.1, 0.15) is 16.7 Å². The van der Waals surface area contributed by atoms with E-state index in [0.717, 1.165) is 22.9 Å². The predicted molar refractivity (Wildman–Crippen MR) is 113 cm³/mol. The Morgan fingerprint density at radius 2 is 1.90 bits per heavy atom. The summed E-state index contributed by atoms with van der Waals surface area (Å²) >= 11 is 0.862. The number of ether oxygens (including phenoxy) is 3. The van der Waals surface area contributed by atoms with E-state index in [1.807, 2.05) is 31.2 Å². The molecule has 0 aromatic heterocycles. The van der Waals surface area contributed by atoms with Crippen molar-refractivity contribution in [1.29, 1.82) is 0 Å². The number of carbonyl (C=O) groups excluding carboxylic acids is 3. The van der Waals surface area contributed by atoms with Crippen molar-refractivity contribution in [1.82, 2.24) is 4.90 Å². The summed E-state index contributed by atoms with van der Waals surface area (Å²) in [5.41, 5.74) is 2.44. The van der Waals surface area contributed by atoms with Crippen LogP contribution in [-0.2, 0) is 20.9 Å². The van der Waals surface area contributed by atoms with Crippen molar-refractivity contribution < 1.29 is 28.6 Å². The van der Waals surface area contributed by atoms with E-state index in [1.165, 1.54) is 19.1 Å². The van der Waals surface area contributed by atoms with Gasteiger partial charge in [-0.2, -0.15) is 0 Å². The maximum atomic E-state index is 12.9. The molecule has 2 amide bonds. The average molecular weight is 427 g/mol. The van der Waals surface area contributed by atoms with Gasteiger partial charge in [-0.1, -0.05) is 42.0 Å². The van der Waals surface area contributed by atoms with Gasteiger partial charge in [-0.15, -0.1) is 0 Å². The van der Waals surface area contributed by atoms with E-state index in [0.29, 0.717) is 11.3 Å². The first-order valence-electron chi connectivity index (χ1n) is 9.10. The minimum absolute atomic E-state index is 0.202. The quantitative estimate of drug-likeness (QED) is 0.491. The molecule has 3 rings (SSSR count). The van der Waals surface area contributed by atoms with Gasteiger partial charge in [0.05, 0.1) is 25.7 Å². The fraction of sp³-hybridized carbons (Fsp3) is 0.227. The van der Waals surface area contributed by atoms with E-state index in [9.17, 15) is 14.4 Å². The molecule has 1 saturated heterocycles. The Kier molecular flexibility index (Phi) is 6.79. The molecule has 0 saturated carbocycles. The van der Waals surface area contributed by atoms with Crippen LogP contribution >= 0.6 is 11.8 Å². The molecule has 2 aromatic carbocycles.